The Labute approximate surface area is 187 Å². The number of aliphatic imine (C=N–C) groups is 1. The number of para-hydroxylation sites is 2. The summed E-state index contributed by atoms with van der Waals surface area (Å²) in [5, 5.41) is 3.29. The fourth-order valence-corrected chi connectivity index (χ4v) is 4.58. The molecule has 1 amide bonds. The monoisotopic (exact) mass is 425 g/mol. The normalized spacial score (nSPS) is 19.5. The van der Waals surface area contributed by atoms with Crippen LogP contribution in [-0.4, -0.2) is 35.6 Å². The van der Waals surface area contributed by atoms with Crippen molar-refractivity contribution in [2.24, 2.45) is 16.6 Å². The summed E-state index contributed by atoms with van der Waals surface area (Å²) in [6.45, 7) is 0.676. The number of carbonyl (C=O) groups excluding carboxylic acids is 1. The lowest BCUT2D eigenvalue weighted by Gasteiger charge is -2.35. The minimum Gasteiger partial charge on any atom is -0.457 e. The Bertz CT molecular complexity index is 1220. The lowest BCUT2D eigenvalue weighted by molar-refractivity contribution is -0.488. The van der Waals surface area contributed by atoms with E-state index in [9.17, 15) is 4.79 Å². The van der Waals surface area contributed by atoms with Gasteiger partial charge in [-0.15, -0.1) is 0 Å². The van der Waals surface area contributed by atoms with Crippen molar-refractivity contribution in [1.29, 1.82) is 0 Å². The van der Waals surface area contributed by atoms with Gasteiger partial charge in [-0.3, -0.25) is 4.79 Å². The Kier molecular flexibility index (Phi) is 5.19. The van der Waals surface area contributed by atoms with Gasteiger partial charge in [0.15, 0.2) is 0 Å². The molecule has 0 bridgehead atoms. The Morgan fingerprint density at radius 3 is 2.41 bits per heavy atom. The first-order chi connectivity index (χ1) is 15.7. The number of hydrogen-bond acceptors (Lipinski definition) is 4. The van der Waals surface area contributed by atoms with E-state index in [1.807, 2.05) is 73.8 Å². The summed E-state index contributed by atoms with van der Waals surface area (Å²) in [5.74, 6) is 1.41. The number of amidine groups is 1. The van der Waals surface area contributed by atoms with Gasteiger partial charge in [0.25, 0.3) is 0 Å². The zero-order chi connectivity index (χ0) is 22.1. The van der Waals surface area contributed by atoms with Crippen molar-refractivity contribution in [2.75, 3.05) is 18.9 Å². The zero-order valence-corrected chi connectivity index (χ0v) is 17.9. The molecule has 3 aromatic rings. The van der Waals surface area contributed by atoms with Crippen LogP contribution in [0.4, 0.5) is 5.69 Å². The second-order valence-corrected chi connectivity index (χ2v) is 7.91. The Hall–Kier alpha value is -3.93. The highest BCUT2D eigenvalue weighted by atomic mass is 16.5. The third-order valence-corrected chi connectivity index (χ3v) is 6.03. The molecule has 2 unspecified atom stereocenters. The zero-order valence-electron chi connectivity index (χ0n) is 17.9. The Balaban J connectivity index is 1.54. The third-order valence-electron chi connectivity index (χ3n) is 6.03. The van der Waals surface area contributed by atoms with Crippen molar-refractivity contribution in [3.63, 3.8) is 0 Å². The highest BCUT2D eigenvalue weighted by Crippen LogP contribution is 2.38. The molecule has 0 saturated heterocycles. The topological polar surface area (TPSA) is 79.7 Å². The van der Waals surface area contributed by atoms with Gasteiger partial charge in [-0.05, 0) is 42.5 Å². The summed E-state index contributed by atoms with van der Waals surface area (Å²) >= 11 is 0. The molecule has 160 valence electrons. The largest absolute Gasteiger partial charge is 0.457 e. The molecule has 0 aromatic heterocycles. The van der Waals surface area contributed by atoms with Gasteiger partial charge in [0.1, 0.15) is 29.8 Å². The average molecular weight is 426 g/mol. The van der Waals surface area contributed by atoms with Gasteiger partial charge in [-0.2, -0.15) is 0 Å². The van der Waals surface area contributed by atoms with Gasteiger partial charge < -0.3 is 15.8 Å². The van der Waals surface area contributed by atoms with Gasteiger partial charge in [-0.25, -0.2) is 4.58 Å². The van der Waals surface area contributed by atoms with Crippen LogP contribution < -0.4 is 15.8 Å². The molecule has 6 heteroatoms. The summed E-state index contributed by atoms with van der Waals surface area (Å²) in [6, 6.07) is 25.8. The number of nitrogens with two attached hydrogens (primary N) is 1. The van der Waals surface area contributed by atoms with Gasteiger partial charge in [-0.1, -0.05) is 41.4 Å². The van der Waals surface area contributed by atoms with E-state index in [-0.39, 0.29) is 11.9 Å². The van der Waals surface area contributed by atoms with Gasteiger partial charge in [0, 0.05) is 30.3 Å². The molecule has 0 spiro atoms. The molecule has 2 aliphatic heterocycles. The predicted molar refractivity (Wildman–Crippen MR) is 126 cm³/mol. The highest BCUT2D eigenvalue weighted by Gasteiger charge is 2.54. The maximum absolute atomic E-state index is 12.4. The highest BCUT2D eigenvalue weighted by molar-refractivity contribution is 6.29. The summed E-state index contributed by atoms with van der Waals surface area (Å²) in [5.41, 5.74) is 9.91. The first-order valence-corrected chi connectivity index (χ1v) is 10.8. The summed E-state index contributed by atoms with van der Waals surface area (Å²) in [4.78, 5) is 17.0. The molecule has 0 fully saturated rings. The summed E-state index contributed by atoms with van der Waals surface area (Å²) < 4.78 is 8.10. The second-order valence-electron chi connectivity index (χ2n) is 7.91. The number of carbonyl (C=O) groups is 1. The van der Waals surface area contributed by atoms with Gasteiger partial charge >= 0.3 is 5.84 Å². The summed E-state index contributed by atoms with van der Waals surface area (Å²) in [6.07, 6.45) is 0.867. The summed E-state index contributed by atoms with van der Waals surface area (Å²) in [7, 11) is 1.93. The van der Waals surface area contributed by atoms with Crippen LogP contribution in [0.1, 0.15) is 23.6 Å². The van der Waals surface area contributed by atoms with Crippen molar-refractivity contribution in [3.05, 3.63) is 90.0 Å². The number of ether oxygens (including phenoxy) is 1. The van der Waals surface area contributed by atoms with Gasteiger partial charge in [0.2, 0.25) is 11.8 Å². The molecule has 2 aliphatic rings. The van der Waals surface area contributed by atoms with Crippen molar-refractivity contribution in [2.45, 2.75) is 12.5 Å². The lowest BCUT2D eigenvalue weighted by atomic mass is 9.83. The molecule has 3 N–H and O–H groups in total. The van der Waals surface area contributed by atoms with Crippen LogP contribution in [0.2, 0.25) is 0 Å². The molecule has 32 heavy (non-hydrogen) atoms. The number of hydrogen-bond donors (Lipinski definition) is 2. The number of amides is 1. The van der Waals surface area contributed by atoms with Crippen molar-refractivity contribution in [3.8, 4) is 11.5 Å². The van der Waals surface area contributed by atoms with E-state index in [4.69, 9.17) is 10.5 Å². The van der Waals surface area contributed by atoms with Crippen LogP contribution in [-0.2, 0) is 4.79 Å². The molecular weight excluding hydrogens is 400 g/mol. The Morgan fingerprint density at radius 2 is 1.69 bits per heavy atom. The molecule has 2 heterocycles. The number of anilines is 1. The molecule has 0 aliphatic carbocycles. The van der Waals surface area contributed by atoms with Crippen LogP contribution in [0.3, 0.4) is 0 Å². The van der Waals surface area contributed by atoms with Crippen LogP contribution >= 0.6 is 0 Å². The minimum absolute atomic E-state index is 0.0944. The quantitative estimate of drug-likeness (QED) is 0.586. The fraction of sp³-hybridized carbons (Fsp3) is 0.192. The maximum atomic E-state index is 12.4. The molecule has 2 atom stereocenters. The molecule has 6 nitrogen and oxygen atoms in total. The van der Waals surface area contributed by atoms with Crippen LogP contribution in [0, 0.1) is 5.92 Å². The van der Waals surface area contributed by atoms with Gasteiger partial charge in [0.05, 0.1) is 0 Å². The van der Waals surface area contributed by atoms with E-state index in [0.717, 1.165) is 40.7 Å². The van der Waals surface area contributed by atoms with E-state index < -0.39 is 5.92 Å². The number of primary amides is 1. The number of benzene rings is 3. The fourth-order valence-electron chi connectivity index (χ4n) is 4.58. The first kappa shape index (κ1) is 20.0. The lowest BCUT2D eigenvalue weighted by Crippen LogP contribution is -2.58. The number of rotatable bonds is 6. The first-order valence-electron chi connectivity index (χ1n) is 10.8. The molecule has 0 radical (unpaired) electrons. The smallest absolute Gasteiger partial charge is 0.314 e. The average Bonchev–Trinajstić information content (AvgIpc) is 2.81. The molecule has 3 aromatic carbocycles. The number of nitrogens with zero attached hydrogens (tertiary/aromatic N) is 2. The molecular formula is C26H25N4O2+. The maximum Gasteiger partial charge on any atom is 0.314 e. The molecule has 5 rings (SSSR count). The Morgan fingerprint density at radius 1 is 1.00 bits per heavy atom. The third kappa shape index (κ3) is 3.43. The van der Waals surface area contributed by atoms with Crippen molar-refractivity contribution < 1.29 is 14.1 Å². The van der Waals surface area contributed by atoms with Crippen molar-refractivity contribution in [1.82, 2.24) is 0 Å². The number of nitrogens with one attached hydrogen (secondary N) is 1. The SMILES string of the molecule is CNc1ccccc1C1CCN=C2C(C(N)=O)C(c3ccc(Oc4ccccc4)cc3)=[N+]21. The molecule has 0 saturated carbocycles. The second kappa shape index (κ2) is 8.30. The van der Waals surface area contributed by atoms with E-state index in [0.29, 0.717) is 6.54 Å². The van der Waals surface area contributed by atoms with E-state index >= 15 is 0 Å². The minimum atomic E-state index is -0.500. The van der Waals surface area contributed by atoms with Crippen LogP contribution in [0.15, 0.2) is 83.9 Å². The van der Waals surface area contributed by atoms with Crippen molar-refractivity contribution >= 4 is 23.1 Å². The number of fused-ring (bicyclic) bond motifs is 1. The van der Waals surface area contributed by atoms with Crippen LogP contribution in [0.25, 0.3) is 0 Å². The van der Waals surface area contributed by atoms with E-state index in [1.54, 1.807) is 0 Å². The predicted octanol–water partition coefficient (Wildman–Crippen LogP) is 3.98. The van der Waals surface area contributed by atoms with E-state index in [1.165, 1.54) is 5.56 Å². The standard InChI is InChI=1S/C26H24N4O2/c1-28-21-10-6-5-9-20(21)22-15-16-29-26-23(25(27)31)24(30(22)26)17-11-13-19(14-12-17)32-18-7-3-2-4-8-18/h2-14,22-23,28H,15-16H2,1H3,(H-,27,31)/p+1. The van der Waals surface area contributed by atoms with Crippen LogP contribution in [0.5, 0.6) is 11.5 Å². The van der Waals surface area contributed by atoms with E-state index in [2.05, 4.69) is 27.0 Å².